The lowest BCUT2D eigenvalue weighted by atomic mass is 10.2. The van der Waals surface area contributed by atoms with Crippen molar-refractivity contribution in [1.82, 2.24) is 5.16 Å². The Labute approximate surface area is 91.1 Å². The predicted octanol–water partition coefficient (Wildman–Crippen LogP) is 2.37. The minimum atomic E-state index is -0.382. The second kappa shape index (κ2) is 4.14. The fourth-order valence-electron chi connectivity index (χ4n) is 1.21. The second-order valence-corrected chi connectivity index (χ2v) is 3.29. The third-order valence-electron chi connectivity index (χ3n) is 1.97. The van der Waals surface area contributed by atoms with Crippen LogP contribution in [0.4, 0.5) is 10.3 Å². The van der Waals surface area contributed by atoms with Gasteiger partial charge in [0.2, 0.25) is 5.88 Å². The number of carbonyl (C=O) groups is 1. The number of hydrogen-bond acceptors (Lipinski definition) is 3. The number of benzene rings is 1. The number of rotatable bonds is 2. The molecule has 0 fully saturated rings. The number of amides is 1. The van der Waals surface area contributed by atoms with Gasteiger partial charge in [-0.1, -0.05) is 5.16 Å². The lowest BCUT2D eigenvalue weighted by molar-refractivity contribution is 0.102. The van der Waals surface area contributed by atoms with Gasteiger partial charge < -0.3 is 4.52 Å². The topological polar surface area (TPSA) is 55.1 Å². The van der Waals surface area contributed by atoms with Crippen molar-refractivity contribution in [2.24, 2.45) is 0 Å². The van der Waals surface area contributed by atoms with Gasteiger partial charge in [-0.3, -0.25) is 10.1 Å². The van der Waals surface area contributed by atoms with Crippen molar-refractivity contribution in [2.45, 2.75) is 6.92 Å². The van der Waals surface area contributed by atoms with Crippen molar-refractivity contribution >= 4 is 11.8 Å². The van der Waals surface area contributed by atoms with Crippen LogP contribution in [0.2, 0.25) is 0 Å². The zero-order chi connectivity index (χ0) is 11.5. The quantitative estimate of drug-likeness (QED) is 0.845. The Kier molecular flexibility index (Phi) is 2.68. The summed E-state index contributed by atoms with van der Waals surface area (Å²) < 4.78 is 17.4. The number of nitrogens with one attached hydrogen (secondary N) is 1. The standard InChI is InChI=1S/C11H9FN2O2/c1-7-6-10(16-14-7)13-11(15)8-2-4-9(12)5-3-8/h2-6H,1H3,(H,13,15). The first-order valence-electron chi connectivity index (χ1n) is 4.65. The highest BCUT2D eigenvalue weighted by molar-refractivity contribution is 6.03. The van der Waals surface area contributed by atoms with E-state index in [9.17, 15) is 9.18 Å². The SMILES string of the molecule is Cc1cc(NC(=O)c2ccc(F)cc2)on1. The van der Waals surface area contributed by atoms with Gasteiger partial charge in [0.25, 0.3) is 5.91 Å². The number of aromatic nitrogens is 1. The molecule has 0 spiro atoms. The number of anilines is 1. The Morgan fingerprint density at radius 1 is 1.38 bits per heavy atom. The van der Waals surface area contributed by atoms with E-state index in [-0.39, 0.29) is 17.6 Å². The lowest BCUT2D eigenvalue weighted by Gasteiger charge is -2.00. The number of aryl methyl sites for hydroxylation is 1. The summed E-state index contributed by atoms with van der Waals surface area (Å²) in [7, 11) is 0. The fraction of sp³-hybridized carbons (Fsp3) is 0.0909. The minimum absolute atomic E-state index is 0.270. The van der Waals surface area contributed by atoms with Gasteiger partial charge in [0, 0.05) is 11.6 Å². The van der Waals surface area contributed by atoms with E-state index in [1.54, 1.807) is 13.0 Å². The molecule has 0 radical (unpaired) electrons. The first kappa shape index (κ1) is 10.4. The summed E-state index contributed by atoms with van der Waals surface area (Å²) in [6.45, 7) is 1.75. The van der Waals surface area contributed by atoms with Crippen LogP contribution >= 0.6 is 0 Å². The van der Waals surface area contributed by atoms with Crippen LogP contribution in [0.3, 0.4) is 0 Å². The van der Waals surface area contributed by atoms with Crippen molar-refractivity contribution in [3.05, 3.63) is 47.4 Å². The zero-order valence-corrected chi connectivity index (χ0v) is 8.53. The highest BCUT2D eigenvalue weighted by Gasteiger charge is 2.08. The summed E-state index contributed by atoms with van der Waals surface area (Å²) in [4.78, 5) is 11.6. The van der Waals surface area contributed by atoms with Crippen LogP contribution in [0.5, 0.6) is 0 Å². The summed E-state index contributed by atoms with van der Waals surface area (Å²) in [5.74, 6) is -0.477. The number of hydrogen-bond donors (Lipinski definition) is 1. The Balaban J connectivity index is 2.11. The predicted molar refractivity (Wildman–Crippen MR) is 55.6 cm³/mol. The maximum Gasteiger partial charge on any atom is 0.258 e. The summed E-state index contributed by atoms with van der Waals surface area (Å²) in [6.07, 6.45) is 0. The Bertz CT molecular complexity index is 505. The summed E-state index contributed by atoms with van der Waals surface area (Å²) in [5, 5.41) is 6.14. The van der Waals surface area contributed by atoms with Gasteiger partial charge in [0.15, 0.2) is 0 Å². The summed E-state index contributed by atoms with van der Waals surface area (Å²) in [5.41, 5.74) is 1.03. The van der Waals surface area contributed by atoms with Crippen molar-refractivity contribution in [2.75, 3.05) is 5.32 Å². The number of carbonyl (C=O) groups excluding carboxylic acids is 1. The van der Waals surface area contributed by atoms with Crippen LogP contribution in [-0.4, -0.2) is 11.1 Å². The van der Waals surface area contributed by atoms with Crippen molar-refractivity contribution in [3.8, 4) is 0 Å². The zero-order valence-electron chi connectivity index (χ0n) is 8.53. The Morgan fingerprint density at radius 3 is 2.62 bits per heavy atom. The van der Waals surface area contributed by atoms with E-state index in [0.29, 0.717) is 11.3 Å². The number of halogens is 1. The van der Waals surface area contributed by atoms with Crippen LogP contribution in [-0.2, 0) is 0 Å². The van der Waals surface area contributed by atoms with Crippen molar-refractivity contribution < 1.29 is 13.7 Å². The molecule has 1 aromatic heterocycles. The molecule has 16 heavy (non-hydrogen) atoms. The molecular formula is C11H9FN2O2. The van der Waals surface area contributed by atoms with Gasteiger partial charge in [-0.2, -0.15) is 0 Å². The minimum Gasteiger partial charge on any atom is -0.338 e. The second-order valence-electron chi connectivity index (χ2n) is 3.29. The largest absolute Gasteiger partial charge is 0.338 e. The maximum atomic E-state index is 12.6. The molecule has 1 heterocycles. The van der Waals surface area contributed by atoms with E-state index < -0.39 is 0 Å². The molecule has 2 rings (SSSR count). The van der Waals surface area contributed by atoms with Crippen LogP contribution in [0, 0.1) is 12.7 Å². The lowest BCUT2D eigenvalue weighted by Crippen LogP contribution is -2.11. The summed E-state index contributed by atoms with van der Waals surface area (Å²) in [6, 6.07) is 6.84. The van der Waals surface area contributed by atoms with E-state index in [1.165, 1.54) is 24.3 Å². The molecule has 1 amide bonds. The molecule has 0 aliphatic carbocycles. The van der Waals surface area contributed by atoms with E-state index in [1.807, 2.05) is 0 Å². The van der Waals surface area contributed by atoms with Gasteiger partial charge in [0.1, 0.15) is 5.82 Å². The van der Waals surface area contributed by atoms with Gasteiger partial charge >= 0.3 is 0 Å². The molecular weight excluding hydrogens is 211 g/mol. The number of nitrogens with zero attached hydrogens (tertiary/aromatic N) is 1. The molecule has 0 aliphatic heterocycles. The van der Waals surface area contributed by atoms with Crippen LogP contribution < -0.4 is 5.32 Å². The molecule has 0 saturated heterocycles. The van der Waals surface area contributed by atoms with Gasteiger partial charge in [-0.05, 0) is 31.2 Å². The molecule has 0 saturated carbocycles. The summed E-state index contributed by atoms with van der Waals surface area (Å²) >= 11 is 0. The first-order valence-corrected chi connectivity index (χ1v) is 4.65. The van der Waals surface area contributed by atoms with Crippen LogP contribution in [0.15, 0.2) is 34.9 Å². The van der Waals surface area contributed by atoms with E-state index in [2.05, 4.69) is 10.5 Å². The molecule has 82 valence electrons. The molecule has 4 nitrogen and oxygen atoms in total. The highest BCUT2D eigenvalue weighted by Crippen LogP contribution is 2.11. The van der Waals surface area contributed by atoms with Crippen LogP contribution in [0.25, 0.3) is 0 Å². The smallest absolute Gasteiger partial charge is 0.258 e. The third-order valence-corrected chi connectivity index (χ3v) is 1.97. The first-order chi connectivity index (χ1) is 7.65. The average Bonchev–Trinajstić information content (AvgIpc) is 2.65. The Morgan fingerprint density at radius 2 is 2.06 bits per heavy atom. The van der Waals surface area contributed by atoms with Gasteiger partial charge in [0.05, 0.1) is 5.69 Å². The third kappa shape index (κ3) is 2.25. The molecule has 2 aromatic rings. The highest BCUT2D eigenvalue weighted by atomic mass is 19.1. The maximum absolute atomic E-state index is 12.6. The molecule has 0 bridgehead atoms. The molecule has 0 atom stereocenters. The molecule has 5 heteroatoms. The molecule has 0 aliphatic rings. The monoisotopic (exact) mass is 220 g/mol. The fourth-order valence-corrected chi connectivity index (χ4v) is 1.21. The molecule has 1 N–H and O–H groups in total. The normalized spacial score (nSPS) is 10.1. The van der Waals surface area contributed by atoms with Crippen LogP contribution in [0.1, 0.15) is 16.1 Å². The Hall–Kier alpha value is -2.17. The van der Waals surface area contributed by atoms with E-state index >= 15 is 0 Å². The molecule has 0 unspecified atom stereocenters. The van der Waals surface area contributed by atoms with Gasteiger partial charge in [-0.15, -0.1) is 0 Å². The molecule has 1 aromatic carbocycles. The van der Waals surface area contributed by atoms with E-state index in [0.717, 1.165) is 0 Å². The average molecular weight is 220 g/mol. The van der Waals surface area contributed by atoms with Gasteiger partial charge in [-0.25, -0.2) is 4.39 Å². The van der Waals surface area contributed by atoms with Crippen molar-refractivity contribution in [1.29, 1.82) is 0 Å². The van der Waals surface area contributed by atoms with E-state index in [4.69, 9.17) is 4.52 Å². The van der Waals surface area contributed by atoms with Crippen molar-refractivity contribution in [3.63, 3.8) is 0 Å².